The maximum atomic E-state index is 12.2. The van der Waals surface area contributed by atoms with Crippen LogP contribution in [0.5, 0.6) is 0 Å². The van der Waals surface area contributed by atoms with Gasteiger partial charge in [-0.25, -0.2) is 14.5 Å². The van der Waals surface area contributed by atoms with E-state index in [2.05, 4.69) is 66.8 Å². The molecule has 0 aliphatic carbocycles. The maximum absolute atomic E-state index is 12.2. The van der Waals surface area contributed by atoms with Crippen LogP contribution in [-0.4, -0.2) is 92.1 Å². The number of carbonyl (C=O) groups is 2. The van der Waals surface area contributed by atoms with E-state index in [0.29, 0.717) is 36.2 Å². The van der Waals surface area contributed by atoms with Gasteiger partial charge in [-0.2, -0.15) is 5.26 Å². The Bertz CT molecular complexity index is 2120. The summed E-state index contributed by atoms with van der Waals surface area (Å²) < 4.78 is 2.04. The van der Waals surface area contributed by atoms with Gasteiger partial charge in [0.1, 0.15) is 11.5 Å². The monoisotopic (exact) mass is 686 g/mol. The first kappa shape index (κ1) is 32.6. The van der Waals surface area contributed by atoms with Crippen LogP contribution in [0, 0.1) is 17.2 Å². The lowest BCUT2D eigenvalue weighted by atomic mass is 9.94. The van der Waals surface area contributed by atoms with E-state index in [4.69, 9.17) is 4.98 Å². The van der Waals surface area contributed by atoms with Crippen LogP contribution in [0.1, 0.15) is 57.6 Å². The number of anilines is 3. The highest BCUT2D eigenvalue weighted by Gasteiger charge is 2.28. The molecule has 3 saturated heterocycles. The number of hydrogen-bond acceptors (Lipinski definition) is 10. The number of rotatable bonds is 8. The molecule has 3 aliphatic heterocycles. The summed E-state index contributed by atoms with van der Waals surface area (Å²) in [7, 11) is 0. The third-order valence-electron chi connectivity index (χ3n) is 10.4. The lowest BCUT2D eigenvalue weighted by Crippen LogP contribution is -2.49. The van der Waals surface area contributed by atoms with Gasteiger partial charge in [0.05, 0.1) is 52.5 Å². The van der Waals surface area contributed by atoms with Crippen LogP contribution in [0.15, 0.2) is 48.9 Å². The summed E-state index contributed by atoms with van der Waals surface area (Å²) in [6.07, 6.45) is 10.3. The lowest BCUT2D eigenvalue weighted by Gasteiger charge is -2.38. The van der Waals surface area contributed by atoms with E-state index in [1.807, 2.05) is 41.2 Å². The van der Waals surface area contributed by atoms with Gasteiger partial charge in [-0.1, -0.05) is 5.21 Å². The first-order valence-corrected chi connectivity index (χ1v) is 17.9. The highest BCUT2D eigenvalue weighted by molar-refractivity contribution is 6.11. The van der Waals surface area contributed by atoms with E-state index in [9.17, 15) is 14.9 Å². The smallest absolute Gasteiger partial charge is 0.328 e. The number of likely N-dealkylation sites (tertiary alicyclic amines) is 1. The molecule has 7 heterocycles. The maximum Gasteiger partial charge on any atom is 0.328 e. The summed E-state index contributed by atoms with van der Waals surface area (Å²) in [6.45, 7) is 9.69. The number of nitrogens with one attached hydrogen (secondary N) is 3. The van der Waals surface area contributed by atoms with Crippen LogP contribution in [0.3, 0.4) is 0 Å². The molecular formula is C37H42N12O2. The number of nitriles is 1. The van der Waals surface area contributed by atoms with Crippen molar-refractivity contribution >= 4 is 51.1 Å². The number of piperidine rings is 2. The quantitative estimate of drug-likeness (QED) is 0.201. The van der Waals surface area contributed by atoms with Crippen LogP contribution in [0.2, 0.25) is 0 Å². The zero-order chi connectivity index (χ0) is 35.1. The summed E-state index contributed by atoms with van der Waals surface area (Å²) in [6, 6.07) is 11.9. The summed E-state index contributed by atoms with van der Waals surface area (Å²) in [5, 5.41) is 25.6. The largest absolute Gasteiger partial charge is 0.381 e. The molecule has 51 heavy (non-hydrogen) atoms. The average molecular weight is 687 g/mol. The van der Waals surface area contributed by atoms with Crippen molar-refractivity contribution in [2.24, 2.45) is 5.92 Å². The van der Waals surface area contributed by atoms with Crippen molar-refractivity contribution in [2.45, 2.75) is 58.0 Å². The van der Waals surface area contributed by atoms with Gasteiger partial charge in [-0.3, -0.25) is 20.0 Å². The van der Waals surface area contributed by atoms with E-state index in [1.54, 1.807) is 11.1 Å². The van der Waals surface area contributed by atoms with E-state index < -0.39 is 0 Å². The van der Waals surface area contributed by atoms with Gasteiger partial charge in [0.25, 0.3) is 0 Å². The molecule has 262 valence electrons. The van der Waals surface area contributed by atoms with Gasteiger partial charge in [0.2, 0.25) is 5.91 Å². The highest BCUT2D eigenvalue weighted by atomic mass is 16.2. The van der Waals surface area contributed by atoms with Crippen LogP contribution in [0.25, 0.3) is 33.2 Å². The fraction of sp³-hybridized carbons (Fsp3) is 0.432. The van der Waals surface area contributed by atoms with E-state index >= 15 is 0 Å². The standard InChI is InChI=1S/C37H42N12O2/c1-23(2)41-35-29(20-40-34-28-5-3-25(18-38)17-30(28)42-36(34)35)31-22-49(45-44-31)26-9-12-46(13-10-26)21-24-7-14-47(15-8-24)32-6-4-27(19-39-32)48-16-11-33(50)43-37(48)51/h3-6,17,19-20,22-24,26,42H,7-16,21H2,1-2H3,(H,40,41)(H,43,50,51). The molecule has 8 rings (SSSR count). The molecule has 3 fully saturated rings. The number of benzene rings is 1. The molecule has 5 aromatic rings. The molecule has 0 atom stereocenters. The fourth-order valence-electron chi connectivity index (χ4n) is 7.72. The van der Waals surface area contributed by atoms with Crippen molar-refractivity contribution in [2.75, 3.05) is 54.4 Å². The highest BCUT2D eigenvalue weighted by Crippen LogP contribution is 2.37. The molecule has 3 aliphatic rings. The van der Waals surface area contributed by atoms with Gasteiger partial charge >= 0.3 is 6.03 Å². The Morgan fingerprint density at radius 1 is 1.00 bits per heavy atom. The lowest BCUT2D eigenvalue weighted by molar-refractivity contribution is -0.120. The van der Waals surface area contributed by atoms with Crippen molar-refractivity contribution in [3.63, 3.8) is 0 Å². The number of hydrogen-bond donors (Lipinski definition) is 3. The van der Waals surface area contributed by atoms with Gasteiger partial charge in [-0.05, 0) is 75.8 Å². The number of aromatic amines is 1. The number of imide groups is 1. The van der Waals surface area contributed by atoms with E-state index in [-0.39, 0.29) is 18.0 Å². The molecule has 0 radical (unpaired) electrons. The van der Waals surface area contributed by atoms with E-state index in [1.165, 1.54) is 0 Å². The minimum Gasteiger partial charge on any atom is -0.381 e. The Morgan fingerprint density at radius 3 is 2.55 bits per heavy atom. The number of aromatic nitrogens is 6. The second kappa shape index (κ2) is 13.6. The molecule has 3 N–H and O–H groups in total. The Kier molecular flexibility index (Phi) is 8.73. The van der Waals surface area contributed by atoms with Gasteiger partial charge in [-0.15, -0.1) is 5.10 Å². The number of pyridine rings is 2. The number of nitrogens with zero attached hydrogens (tertiary/aromatic N) is 9. The van der Waals surface area contributed by atoms with Crippen LogP contribution < -0.4 is 20.4 Å². The molecule has 0 spiro atoms. The van der Waals surface area contributed by atoms with Gasteiger partial charge in [0.15, 0.2) is 0 Å². The first-order chi connectivity index (χ1) is 24.8. The summed E-state index contributed by atoms with van der Waals surface area (Å²) >= 11 is 0. The number of fused-ring (bicyclic) bond motifs is 3. The van der Waals surface area contributed by atoms with Crippen molar-refractivity contribution in [1.82, 2.24) is 40.2 Å². The Morgan fingerprint density at radius 2 is 1.82 bits per heavy atom. The molecule has 0 saturated carbocycles. The third-order valence-corrected chi connectivity index (χ3v) is 10.4. The minimum absolute atomic E-state index is 0.190. The van der Waals surface area contributed by atoms with Crippen molar-refractivity contribution in [3.05, 3.63) is 54.5 Å². The topological polar surface area (TPSA) is 164 Å². The van der Waals surface area contributed by atoms with Crippen molar-refractivity contribution in [1.29, 1.82) is 5.26 Å². The minimum atomic E-state index is -0.389. The normalized spacial score (nSPS) is 18.2. The summed E-state index contributed by atoms with van der Waals surface area (Å²) in [5.41, 5.74) is 6.59. The predicted octanol–water partition coefficient (Wildman–Crippen LogP) is 5.06. The Balaban J connectivity index is 0.867. The van der Waals surface area contributed by atoms with Crippen molar-refractivity contribution in [3.8, 4) is 17.3 Å². The second-order valence-corrected chi connectivity index (χ2v) is 14.2. The molecule has 14 heteroatoms. The van der Waals surface area contributed by atoms with Crippen LogP contribution in [-0.2, 0) is 4.79 Å². The zero-order valence-corrected chi connectivity index (χ0v) is 29.0. The molecule has 0 bridgehead atoms. The number of H-pyrrole nitrogens is 1. The van der Waals surface area contributed by atoms with Crippen LogP contribution >= 0.6 is 0 Å². The van der Waals surface area contributed by atoms with Gasteiger partial charge < -0.3 is 20.1 Å². The molecule has 3 amide bonds. The number of amides is 3. The van der Waals surface area contributed by atoms with Crippen molar-refractivity contribution < 1.29 is 9.59 Å². The Hall–Kier alpha value is -5.55. The van der Waals surface area contributed by atoms with E-state index in [0.717, 1.165) is 103 Å². The number of carbonyl (C=O) groups excluding carboxylic acids is 2. The molecule has 4 aromatic heterocycles. The SMILES string of the molecule is CC(C)Nc1c(-c2cn(C3CCN(CC4CCN(c5ccc(N6CCC(=O)NC6=O)cn5)CC4)CC3)nn2)cnc2c1[nH]c1cc(C#N)ccc12. The molecule has 14 nitrogen and oxygen atoms in total. The van der Waals surface area contributed by atoms with Gasteiger partial charge in [0, 0.05) is 74.4 Å². The fourth-order valence-corrected chi connectivity index (χ4v) is 7.72. The average Bonchev–Trinajstić information content (AvgIpc) is 3.78. The zero-order valence-electron chi connectivity index (χ0n) is 29.0. The first-order valence-electron chi connectivity index (χ1n) is 17.9. The summed E-state index contributed by atoms with van der Waals surface area (Å²) in [5.74, 6) is 1.34. The predicted molar refractivity (Wildman–Crippen MR) is 195 cm³/mol. The summed E-state index contributed by atoms with van der Waals surface area (Å²) in [4.78, 5) is 43.2. The Labute approximate surface area is 295 Å². The number of urea groups is 1. The molecular weight excluding hydrogens is 644 g/mol. The third kappa shape index (κ3) is 6.57. The molecule has 0 unspecified atom stereocenters. The second-order valence-electron chi connectivity index (χ2n) is 14.2. The molecule has 1 aromatic carbocycles. The van der Waals surface area contributed by atoms with Crippen LogP contribution in [0.4, 0.5) is 22.0 Å².